The van der Waals surface area contributed by atoms with Gasteiger partial charge in [-0.15, -0.1) is 0 Å². The van der Waals surface area contributed by atoms with Crippen LogP contribution in [0.1, 0.15) is 51.9 Å². The molecule has 24 heavy (non-hydrogen) atoms. The number of hydrogen-bond acceptors (Lipinski definition) is 3. The van der Waals surface area contributed by atoms with E-state index >= 15 is 0 Å². The molecule has 1 saturated carbocycles. The highest BCUT2D eigenvalue weighted by Crippen LogP contribution is 2.50. The van der Waals surface area contributed by atoms with E-state index in [0.717, 1.165) is 64.6 Å². The summed E-state index contributed by atoms with van der Waals surface area (Å²) in [7, 11) is 0. The number of carboxylic acid groups (broad SMARTS) is 1. The molecule has 2 amide bonds. The van der Waals surface area contributed by atoms with Gasteiger partial charge in [-0.1, -0.05) is 0 Å². The minimum Gasteiger partial charge on any atom is -0.465 e. The number of nitrogens with zero attached hydrogens (tertiary/aromatic N) is 3. The molecule has 0 aromatic carbocycles. The molecule has 1 N–H and O–H groups in total. The fourth-order valence-corrected chi connectivity index (χ4v) is 5.57. The van der Waals surface area contributed by atoms with Gasteiger partial charge in [0.25, 0.3) is 0 Å². The maximum absolute atomic E-state index is 12.1. The third kappa shape index (κ3) is 2.68. The van der Waals surface area contributed by atoms with E-state index in [1.165, 1.54) is 0 Å². The Kier molecular flexibility index (Phi) is 3.98. The lowest BCUT2D eigenvalue weighted by Gasteiger charge is -2.52. The molecule has 1 aliphatic carbocycles. The van der Waals surface area contributed by atoms with E-state index < -0.39 is 6.09 Å². The third-order valence-electron chi connectivity index (χ3n) is 6.99. The van der Waals surface area contributed by atoms with Gasteiger partial charge in [0.1, 0.15) is 0 Å². The first-order valence-corrected chi connectivity index (χ1v) is 9.50. The summed E-state index contributed by atoms with van der Waals surface area (Å²) < 4.78 is 0. The lowest BCUT2D eigenvalue weighted by Crippen LogP contribution is -2.56. The summed E-state index contributed by atoms with van der Waals surface area (Å²) in [6.45, 7) is 5.80. The number of carbonyl (C=O) groups is 2. The van der Waals surface area contributed by atoms with Gasteiger partial charge in [-0.2, -0.15) is 0 Å². The van der Waals surface area contributed by atoms with Gasteiger partial charge in [0.15, 0.2) is 0 Å². The lowest BCUT2D eigenvalue weighted by molar-refractivity contribution is -0.132. The maximum atomic E-state index is 12.1. The molecule has 3 saturated heterocycles. The van der Waals surface area contributed by atoms with Crippen molar-refractivity contribution in [2.75, 3.05) is 26.2 Å². The molecule has 0 aromatic rings. The molecule has 0 unspecified atom stereocenters. The highest BCUT2D eigenvalue weighted by atomic mass is 16.4. The van der Waals surface area contributed by atoms with Gasteiger partial charge in [-0.25, -0.2) is 4.79 Å². The van der Waals surface area contributed by atoms with Gasteiger partial charge in [0.05, 0.1) is 0 Å². The Morgan fingerprint density at radius 1 is 1.12 bits per heavy atom. The zero-order valence-corrected chi connectivity index (χ0v) is 14.6. The van der Waals surface area contributed by atoms with Crippen molar-refractivity contribution in [1.29, 1.82) is 0 Å². The molecule has 1 spiro atoms. The number of rotatable bonds is 2. The predicted octanol–water partition coefficient (Wildman–Crippen LogP) is 1.99. The topological polar surface area (TPSA) is 64.1 Å². The standard InChI is InChI=1S/C18H29N3O3/c1-13-2-3-16(22)21(13)14-4-7-19(8-5-14)15-10-18(11-15)6-9-20(12-18)17(23)24/h13-15H,2-12H2,1H3,(H,23,24)/t13-,15?,18?/m1/s1. The Hall–Kier alpha value is -1.30. The van der Waals surface area contributed by atoms with Crippen LogP contribution in [0.5, 0.6) is 0 Å². The van der Waals surface area contributed by atoms with E-state index in [-0.39, 0.29) is 5.41 Å². The normalized spacial score (nSPS) is 38.1. The molecule has 1 atom stereocenters. The summed E-state index contributed by atoms with van der Waals surface area (Å²) in [5.74, 6) is 0.350. The SMILES string of the molecule is C[C@@H]1CCC(=O)N1C1CCN(C2CC3(CCN(C(=O)O)C3)C2)CC1. The first kappa shape index (κ1) is 16.2. The van der Waals surface area contributed by atoms with Crippen molar-refractivity contribution in [1.82, 2.24) is 14.7 Å². The number of amides is 2. The average Bonchev–Trinajstić information content (AvgIpc) is 3.11. The van der Waals surface area contributed by atoms with Crippen molar-refractivity contribution < 1.29 is 14.7 Å². The Morgan fingerprint density at radius 3 is 2.38 bits per heavy atom. The Balaban J connectivity index is 1.26. The number of carbonyl (C=O) groups excluding carboxylic acids is 1. The molecule has 4 fully saturated rings. The van der Waals surface area contributed by atoms with Gasteiger partial charge in [-0.3, -0.25) is 4.79 Å². The highest BCUT2D eigenvalue weighted by molar-refractivity contribution is 5.79. The highest BCUT2D eigenvalue weighted by Gasteiger charge is 2.51. The number of piperidine rings is 1. The number of hydrogen-bond donors (Lipinski definition) is 1. The van der Waals surface area contributed by atoms with Crippen molar-refractivity contribution in [2.24, 2.45) is 5.41 Å². The largest absolute Gasteiger partial charge is 0.465 e. The van der Waals surface area contributed by atoms with E-state index in [1.807, 2.05) is 0 Å². The summed E-state index contributed by atoms with van der Waals surface area (Å²) >= 11 is 0. The molecule has 6 nitrogen and oxygen atoms in total. The van der Waals surface area contributed by atoms with Crippen LogP contribution in [0.2, 0.25) is 0 Å². The molecule has 0 radical (unpaired) electrons. The van der Waals surface area contributed by atoms with Crippen molar-refractivity contribution in [3.8, 4) is 0 Å². The molecule has 3 aliphatic heterocycles. The molecule has 3 heterocycles. The smallest absolute Gasteiger partial charge is 0.407 e. The second-order valence-corrected chi connectivity index (χ2v) is 8.47. The Bertz CT molecular complexity index is 524. The fraction of sp³-hybridized carbons (Fsp3) is 0.889. The second kappa shape index (κ2) is 5.90. The fourth-order valence-electron chi connectivity index (χ4n) is 5.57. The number of likely N-dealkylation sites (tertiary alicyclic amines) is 3. The van der Waals surface area contributed by atoms with Crippen LogP contribution in [0.4, 0.5) is 4.79 Å². The van der Waals surface area contributed by atoms with E-state index in [9.17, 15) is 9.59 Å². The summed E-state index contributed by atoms with van der Waals surface area (Å²) in [6.07, 6.45) is 6.52. The van der Waals surface area contributed by atoms with Gasteiger partial charge in [0.2, 0.25) is 5.91 Å². The quantitative estimate of drug-likeness (QED) is 0.838. The summed E-state index contributed by atoms with van der Waals surface area (Å²) in [5.41, 5.74) is 0.263. The molecule has 0 aromatic heterocycles. The molecular formula is C18H29N3O3. The van der Waals surface area contributed by atoms with Gasteiger partial charge in [0, 0.05) is 50.7 Å². The average molecular weight is 335 g/mol. The first-order valence-electron chi connectivity index (χ1n) is 9.50. The van der Waals surface area contributed by atoms with Gasteiger partial charge in [-0.05, 0) is 50.9 Å². The summed E-state index contributed by atoms with van der Waals surface area (Å²) in [4.78, 5) is 29.5. The Morgan fingerprint density at radius 2 is 1.83 bits per heavy atom. The second-order valence-electron chi connectivity index (χ2n) is 8.47. The van der Waals surface area contributed by atoms with E-state index in [2.05, 4.69) is 16.7 Å². The minimum absolute atomic E-state index is 0.263. The molecule has 4 rings (SSSR count). The molecular weight excluding hydrogens is 306 g/mol. The van der Waals surface area contributed by atoms with Crippen molar-refractivity contribution >= 4 is 12.0 Å². The molecule has 4 aliphatic rings. The third-order valence-corrected chi connectivity index (χ3v) is 6.99. The zero-order chi connectivity index (χ0) is 16.9. The molecule has 0 bridgehead atoms. The van der Waals surface area contributed by atoms with Crippen LogP contribution >= 0.6 is 0 Å². The van der Waals surface area contributed by atoms with Crippen molar-refractivity contribution in [3.63, 3.8) is 0 Å². The van der Waals surface area contributed by atoms with Crippen LogP contribution in [-0.4, -0.2) is 76.1 Å². The van der Waals surface area contributed by atoms with Crippen molar-refractivity contribution in [2.45, 2.75) is 70.0 Å². The summed E-state index contributed by atoms with van der Waals surface area (Å²) in [6, 6.07) is 1.49. The van der Waals surface area contributed by atoms with Crippen LogP contribution in [0.15, 0.2) is 0 Å². The van der Waals surface area contributed by atoms with Gasteiger partial charge >= 0.3 is 6.09 Å². The van der Waals surface area contributed by atoms with Crippen LogP contribution in [0.25, 0.3) is 0 Å². The predicted molar refractivity (Wildman–Crippen MR) is 89.8 cm³/mol. The van der Waals surface area contributed by atoms with E-state index in [1.54, 1.807) is 4.90 Å². The monoisotopic (exact) mass is 335 g/mol. The summed E-state index contributed by atoms with van der Waals surface area (Å²) in [5, 5.41) is 9.14. The van der Waals surface area contributed by atoms with Gasteiger partial charge < -0.3 is 19.8 Å². The molecule has 6 heteroatoms. The van der Waals surface area contributed by atoms with Crippen molar-refractivity contribution in [3.05, 3.63) is 0 Å². The van der Waals surface area contributed by atoms with E-state index in [0.29, 0.717) is 30.6 Å². The first-order chi connectivity index (χ1) is 11.5. The van der Waals surface area contributed by atoms with E-state index in [4.69, 9.17) is 5.11 Å². The van der Waals surface area contributed by atoms with Crippen LogP contribution < -0.4 is 0 Å². The molecule has 134 valence electrons. The van der Waals surface area contributed by atoms with Crippen LogP contribution in [0, 0.1) is 5.41 Å². The maximum Gasteiger partial charge on any atom is 0.407 e. The minimum atomic E-state index is -0.763. The van der Waals surface area contributed by atoms with Crippen LogP contribution in [-0.2, 0) is 4.79 Å². The zero-order valence-electron chi connectivity index (χ0n) is 14.6. The lowest BCUT2D eigenvalue weighted by atomic mass is 9.64. The Labute approximate surface area is 143 Å². The van der Waals surface area contributed by atoms with Crippen LogP contribution in [0.3, 0.4) is 0 Å².